The van der Waals surface area contributed by atoms with E-state index in [1.54, 1.807) is 26.0 Å². The molecule has 10 heteroatoms. The van der Waals surface area contributed by atoms with E-state index < -0.39 is 23.8 Å². The SMILES string of the molecule is COC(=O)CCNC(=O)C(CC(C)C)N(C)/C=C(CCN(C)C)\C(=C/C=S)C(F)(F)F. The molecule has 178 valence electrons. The molecule has 0 aliphatic carbocycles. The highest BCUT2D eigenvalue weighted by atomic mass is 32.1. The van der Waals surface area contributed by atoms with E-state index in [1.807, 2.05) is 13.8 Å². The van der Waals surface area contributed by atoms with Gasteiger partial charge in [-0.1, -0.05) is 26.1 Å². The fraction of sp³-hybridized carbons (Fsp3) is 0.667. The molecule has 1 unspecified atom stereocenters. The van der Waals surface area contributed by atoms with Crippen molar-refractivity contribution in [1.82, 2.24) is 15.1 Å². The first-order valence-electron chi connectivity index (χ1n) is 9.98. The van der Waals surface area contributed by atoms with Crippen molar-refractivity contribution in [3.8, 4) is 0 Å². The molecular weight excluding hydrogens is 431 g/mol. The molecule has 0 rings (SSSR count). The minimum atomic E-state index is -4.58. The fourth-order valence-electron chi connectivity index (χ4n) is 2.81. The number of carbonyl (C=O) groups is 2. The lowest BCUT2D eigenvalue weighted by molar-refractivity contribution is -0.140. The number of rotatable bonds is 13. The van der Waals surface area contributed by atoms with Gasteiger partial charge in [0.1, 0.15) is 6.04 Å². The van der Waals surface area contributed by atoms with Crippen LogP contribution in [0.15, 0.2) is 23.4 Å². The molecule has 0 saturated carbocycles. The Bertz CT molecular complexity index is 662. The average Bonchev–Trinajstić information content (AvgIpc) is 2.65. The molecule has 1 atom stereocenters. The second-order valence-corrected chi connectivity index (χ2v) is 8.12. The number of methoxy groups -OCH3 is 1. The van der Waals surface area contributed by atoms with Crippen LogP contribution in [0.1, 0.15) is 33.1 Å². The zero-order chi connectivity index (χ0) is 24.2. The van der Waals surface area contributed by atoms with Gasteiger partial charge in [0.05, 0.1) is 19.1 Å². The van der Waals surface area contributed by atoms with Crippen molar-refractivity contribution in [3.63, 3.8) is 0 Å². The van der Waals surface area contributed by atoms with Crippen molar-refractivity contribution < 1.29 is 27.5 Å². The molecular formula is C21H34F3N3O3S. The van der Waals surface area contributed by atoms with Gasteiger partial charge in [-0.15, -0.1) is 0 Å². The molecule has 0 saturated heterocycles. The molecule has 1 amide bonds. The second-order valence-electron chi connectivity index (χ2n) is 7.85. The Morgan fingerprint density at radius 2 is 1.77 bits per heavy atom. The molecule has 0 aromatic carbocycles. The van der Waals surface area contributed by atoms with Crippen LogP contribution < -0.4 is 5.32 Å². The number of amides is 1. The van der Waals surface area contributed by atoms with Crippen molar-refractivity contribution in [2.45, 2.75) is 45.3 Å². The van der Waals surface area contributed by atoms with Crippen LogP contribution in [0.4, 0.5) is 13.2 Å². The van der Waals surface area contributed by atoms with E-state index in [0.717, 1.165) is 11.4 Å². The topological polar surface area (TPSA) is 61.9 Å². The number of esters is 1. The van der Waals surface area contributed by atoms with Gasteiger partial charge in [-0.05, 0) is 44.5 Å². The summed E-state index contributed by atoms with van der Waals surface area (Å²) in [6, 6.07) is -0.700. The maximum Gasteiger partial charge on any atom is 0.416 e. The van der Waals surface area contributed by atoms with Crippen LogP contribution in [0.2, 0.25) is 0 Å². The normalized spacial score (nSPS) is 13.9. The summed E-state index contributed by atoms with van der Waals surface area (Å²) in [6.07, 6.45) is -1.77. The number of ether oxygens (including phenoxy) is 1. The van der Waals surface area contributed by atoms with Crippen molar-refractivity contribution in [2.24, 2.45) is 5.92 Å². The maximum atomic E-state index is 13.6. The van der Waals surface area contributed by atoms with Crippen LogP contribution >= 0.6 is 12.2 Å². The maximum absolute atomic E-state index is 13.6. The molecule has 0 heterocycles. The summed E-state index contributed by atoms with van der Waals surface area (Å²) < 4.78 is 45.5. The fourth-order valence-corrected chi connectivity index (χ4v) is 2.95. The van der Waals surface area contributed by atoms with Crippen LogP contribution in [-0.2, 0) is 14.3 Å². The molecule has 0 spiro atoms. The number of alkyl halides is 3. The monoisotopic (exact) mass is 465 g/mol. The van der Waals surface area contributed by atoms with Gasteiger partial charge in [-0.25, -0.2) is 0 Å². The Morgan fingerprint density at radius 1 is 1.16 bits per heavy atom. The number of thiocarbonyl (C=S) groups is 1. The van der Waals surface area contributed by atoms with Gasteiger partial charge in [0, 0.05) is 31.7 Å². The summed E-state index contributed by atoms with van der Waals surface area (Å²) in [5.41, 5.74) is -0.786. The highest BCUT2D eigenvalue weighted by Crippen LogP contribution is 2.33. The van der Waals surface area contributed by atoms with Gasteiger partial charge in [-0.2, -0.15) is 13.2 Å². The van der Waals surface area contributed by atoms with E-state index in [-0.39, 0.29) is 36.8 Å². The van der Waals surface area contributed by atoms with E-state index in [0.29, 0.717) is 13.0 Å². The number of carbonyl (C=O) groups excluding carboxylic acids is 2. The lowest BCUT2D eigenvalue weighted by Crippen LogP contribution is -2.44. The Hall–Kier alpha value is -1.94. The summed E-state index contributed by atoms with van der Waals surface area (Å²) in [4.78, 5) is 27.3. The summed E-state index contributed by atoms with van der Waals surface area (Å²) in [7, 11) is 6.38. The number of hydrogen-bond acceptors (Lipinski definition) is 6. The summed E-state index contributed by atoms with van der Waals surface area (Å²) in [6.45, 7) is 4.33. The minimum Gasteiger partial charge on any atom is -0.469 e. The van der Waals surface area contributed by atoms with E-state index in [2.05, 4.69) is 22.3 Å². The van der Waals surface area contributed by atoms with Crippen molar-refractivity contribution in [2.75, 3.05) is 41.3 Å². The summed E-state index contributed by atoms with van der Waals surface area (Å²) in [5, 5.41) is 3.61. The lowest BCUT2D eigenvalue weighted by Gasteiger charge is -2.29. The van der Waals surface area contributed by atoms with Gasteiger partial charge in [0.25, 0.3) is 0 Å². The van der Waals surface area contributed by atoms with E-state index in [9.17, 15) is 22.8 Å². The standard InChI is InChI=1S/C21H34F3N3O3S/c1-15(2)13-18(20(29)25-10-7-19(28)30-6)27(5)14-16(8-11-26(3)4)17(9-12-31)21(22,23)24/h9,12,14-15,18H,7-8,10-11,13H2,1-6H3,(H,25,29)/b16-14-,17-9+. The van der Waals surface area contributed by atoms with E-state index >= 15 is 0 Å². The zero-order valence-electron chi connectivity index (χ0n) is 19.1. The number of allylic oxidation sites excluding steroid dienone is 2. The van der Waals surface area contributed by atoms with E-state index in [1.165, 1.54) is 18.2 Å². The number of likely N-dealkylation sites (N-methyl/N-ethyl adjacent to an activating group) is 1. The van der Waals surface area contributed by atoms with Crippen LogP contribution in [0, 0.1) is 5.92 Å². The van der Waals surface area contributed by atoms with Crippen LogP contribution in [-0.4, -0.2) is 80.6 Å². The summed E-state index contributed by atoms with van der Waals surface area (Å²) >= 11 is 4.64. The first-order chi connectivity index (χ1) is 14.3. The molecule has 0 bridgehead atoms. The quantitative estimate of drug-likeness (QED) is 0.195. The molecule has 1 N–H and O–H groups in total. The van der Waals surface area contributed by atoms with Crippen LogP contribution in [0.5, 0.6) is 0 Å². The second kappa shape index (κ2) is 14.2. The van der Waals surface area contributed by atoms with E-state index in [4.69, 9.17) is 0 Å². The first-order valence-corrected chi connectivity index (χ1v) is 10.5. The molecule has 0 aliphatic rings. The minimum absolute atomic E-state index is 0.0138. The molecule has 0 radical (unpaired) electrons. The number of hydrogen-bond donors (Lipinski definition) is 1. The molecule has 0 aromatic heterocycles. The predicted molar refractivity (Wildman–Crippen MR) is 120 cm³/mol. The van der Waals surface area contributed by atoms with Crippen molar-refractivity contribution in [3.05, 3.63) is 23.4 Å². The number of halogens is 3. The number of nitrogens with zero attached hydrogens (tertiary/aromatic N) is 2. The molecule has 6 nitrogen and oxygen atoms in total. The van der Waals surface area contributed by atoms with Gasteiger partial charge in [-0.3, -0.25) is 9.59 Å². The third-order valence-electron chi connectivity index (χ3n) is 4.42. The Balaban J connectivity index is 5.85. The third-order valence-corrected chi connectivity index (χ3v) is 4.55. The first kappa shape index (κ1) is 29.1. The largest absolute Gasteiger partial charge is 0.469 e. The Kier molecular flexibility index (Phi) is 13.3. The summed E-state index contributed by atoms with van der Waals surface area (Å²) in [5.74, 6) is -0.702. The number of nitrogens with one attached hydrogen (secondary N) is 1. The average molecular weight is 466 g/mol. The Morgan fingerprint density at radius 3 is 2.23 bits per heavy atom. The zero-order valence-corrected chi connectivity index (χ0v) is 19.9. The predicted octanol–water partition coefficient (Wildman–Crippen LogP) is 3.34. The highest BCUT2D eigenvalue weighted by molar-refractivity contribution is 7.79. The van der Waals surface area contributed by atoms with Gasteiger partial charge >= 0.3 is 12.1 Å². The molecule has 31 heavy (non-hydrogen) atoms. The van der Waals surface area contributed by atoms with Gasteiger partial charge in [0.2, 0.25) is 5.91 Å². The molecule has 0 aromatic rings. The van der Waals surface area contributed by atoms with Crippen LogP contribution in [0.3, 0.4) is 0 Å². The molecule has 0 fully saturated rings. The van der Waals surface area contributed by atoms with Crippen LogP contribution in [0.25, 0.3) is 0 Å². The lowest BCUT2D eigenvalue weighted by atomic mass is 9.99. The van der Waals surface area contributed by atoms with Crippen molar-refractivity contribution in [1.29, 1.82) is 0 Å². The molecule has 0 aliphatic heterocycles. The van der Waals surface area contributed by atoms with Crippen molar-refractivity contribution >= 4 is 29.5 Å². The van der Waals surface area contributed by atoms with Gasteiger partial charge < -0.3 is 19.9 Å². The third kappa shape index (κ3) is 11.9. The smallest absolute Gasteiger partial charge is 0.416 e. The Labute approximate surface area is 188 Å². The van der Waals surface area contributed by atoms with Gasteiger partial charge in [0.15, 0.2) is 0 Å². The highest BCUT2D eigenvalue weighted by Gasteiger charge is 2.36.